The van der Waals surface area contributed by atoms with E-state index in [1.54, 1.807) is 30.0 Å². The Bertz CT molecular complexity index is 694. The van der Waals surface area contributed by atoms with Crippen LogP contribution in [0, 0.1) is 0 Å². The number of tetrazole rings is 1. The van der Waals surface area contributed by atoms with E-state index >= 15 is 0 Å². The molecule has 2 rings (SSSR count). The molecule has 0 unspecified atom stereocenters. The van der Waals surface area contributed by atoms with Gasteiger partial charge in [0.05, 0.1) is 31.1 Å². The lowest BCUT2D eigenvalue weighted by Gasteiger charge is -2.19. The molecule has 0 spiro atoms. The molecule has 124 valence electrons. The molecule has 23 heavy (non-hydrogen) atoms. The third-order valence-corrected chi connectivity index (χ3v) is 4.04. The second-order valence-electron chi connectivity index (χ2n) is 5.82. The van der Waals surface area contributed by atoms with Gasteiger partial charge in [0.1, 0.15) is 11.5 Å². The molecule has 0 aliphatic heterocycles. The molecular formula is C15H20N4O3S. The van der Waals surface area contributed by atoms with Crippen LogP contribution < -0.4 is 9.47 Å². The molecule has 0 bridgehead atoms. The van der Waals surface area contributed by atoms with Crippen molar-refractivity contribution in [3.05, 3.63) is 23.8 Å². The molecule has 0 N–H and O–H groups in total. The first-order valence-electron chi connectivity index (χ1n) is 7.03. The fraction of sp³-hybridized carbons (Fsp3) is 0.467. The molecule has 8 heteroatoms. The Morgan fingerprint density at radius 1 is 1.26 bits per heavy atom. The Morgan fingerprint density at radius 3 is 2.61 bits per heavy atom. The average molecular weight is 336 g/mol. The average Bonchev–Trinajstić information content (AvgIpc) is 3.00. The van der Waals surface area contributed by atoms with E-state index in [2.05, 4.69) is 15.5 Å². The van der Waals surface area contributed by atoms with Gasteiger partial charge in [-0.3, -0.25) is 4.79 Å². The predicted molar refractivity (Wildman–Crippen MR) is 87.4 cm³/mol. The number of Topliss-reactive ketones (excluding diaryl/α,β-unsaturated/α-hetero) is 1. The number of ketones is 1. The first kappa shape index (κ1) is 17.3. The number of hydrogen-bond acceptors (Lipinski definition) is 7. The standard InChI is InChI=1S/C15H20N4O3S/c1-15(2,3)19-14(16-17-18-19)23-9-12(20)11-7-6-10(21-4)8-13(11)22-5/h6-8H,9H2,1-5H3. The number of ether oxygens (including phenoxy) is 2. The molecular weight excluding hydrogens is 316 g/mol. The molecule has 0 fully saturated rings. The van der Waals surface area contributed by atoms with Gasteiger partial charge in [0.15, 0.2) is 5.78 Å². The maximum atomic E-state index is 12.5. The van der Waals surface area contributed by atoms with Crippen LogP contribution in [-0.4, -0.2) is 46.0 Å². The van der Waals surface area contributed by atoms with Crippen LogP contribution in [0.2, 0.25) is 0 Å². The van der Waals surface area contributed by atoms with Gasteiger partial charge in [-0.1, -0.05) is 11.8 Å². The highest BCUT2D eigenvalue weighted by Crippen LogP contribution is 2.27. The van der Waals surface area contributed by atoms with Gasteiger partial charge in [-0.15, -0.1) is 5.10 Å². The Labute approximate surface area is 139 Å². The second kappa shape index (κ2) is 6.99. The van der Waals surface area contributed by atoms with E-state index in [0.29, 0.717) is 22.2 Å². The summed E-state index contributed by atoms with van der Waals surface area (Å²) in [6.07, 6.45) is 0. The highest BCUT2D eigenvalue weighted by atomic mass is 32.2. The summed E-state index contributed by atoms with van der Waals surface area (Å²) in [6.45, 7) is 6.01. The van der Waals surface area contributed by atoms with Gasteiger partial charge >= 0.3 is 0 Å². The summed E-state index contributed by atoms with van der Waals surface area (Å²) in [4.78, 5) is 12.5. The van der Waals surface area contributed by atoms with Crippen molar-refractivity contribution in [3.8, 4) is 11.5 Å². The number of carbonyl (C=O) groups is 1. The van der Waals surface area contributed by atoms with Crippen molar-refractivity contribution in [1.29, 1.82) is 0 Å². The van der Waals surface area contributed by atoms with E-state index in [1.807, 2.05) is 20.8 Å². The van der Waals surface area contributed by atoms with Crippen LogP contribution in [-0.2, 0) is 5.54 Å². The van der Waals surface area contributed by atoms with Crippen LogP contribution in [0.3, 0.4) is 0 Å². The van der Waals surface area contributed by atoms with E-state index in [9.17, 15) is 4.79 Å². The minimum absolute atomic E-state index is 0.0574. The van der Waals surface area contributed by atoms with E-state index in [0.717, 1.165) is 0 Å². The lowest BCUT2D eigenvalue weighted by atomic mass is 10.1. The molecule has 0 aliphatic carbocycles. The van der Waals surface area contributed by atoms with Crippen LogP contribution in [0.5, 0.6) is 11.5 Å². The van der Waals surface area contributed by atoms with Crippen molar-refractivity contribution in [3.63, 3.8) is 0 Å². The number of carbonyl (C=O) groups excluding carboxylic acids is 1. The summed E-state index contributed by atoms with van der Waals surface area (Å²) in [5, 5.41) is 12.3. The summed E-state index contributed by atoms with van der Waals surface area (Å²) in [6, 6.07) is 5.13. The molecule has 1 heterocycles. The molecule has 0 saturated heterocycles. The zero-order valence-electron chi connectivity index (χ0n) is 13.9. The van der Waals surface area contributed by atoms with Crippen molar-refractivity contribution in [1.82, 2.24) is 20.2 Å². The molecule has 0 radical (unpaired) electrons. The summed E-state index contributed by atoms with van der Waals surface area (Å²) in [5.74, 6) is 1.30. The summed E-state index contributed by atoms with van der Waals surface area (Å²) < 4.78 is 12.1. The molecule has 1 aromatic carbocycles. The molecule has 0 aliphatic rings. The number of aromatic nitrogens is 4. The van der Waals surface area contributed by atoms with Gasteiger partial charge < -0.3 is 9.47 Å². The number of benzene rings is 1. The first-order chi connectivity index (χ1) is 10.9. The summed E-state index contributed by atoms with van der Waals surface area (Å²) in [5.41, 5.74) is 0.266. The number of methoxy groups -OCH3 is 2. The van der Waals surface area contributed by atoms with E-state index < -0.39 is 0 Å². The molecule has 7 nitrogen and oxygen atoms in total. The van der Waals surface area contributed by atoms with Crippen LogP contribution in [0.25, 0.3) is 0 Å². The number of nitrogens with zero attached hydrogens (tertiary/aromatic N) is 4. The smallest absolute Gasteiger partial charge is 0.210 e. The molecule has 0 amide bonds. The lowest BCUT2D eigenvalue weighted by Crippen LogP contribution is -2.24. The van der Waals surface area contributed by atoms with Gasteiger partial charge in [-0.25, -0.2) is 4.68 Å². The first-order valence-corrected chi connectivity index (χ1v) is 8.02. The lowest BCUT2D eigenvalue weighted by molar-refractivity contribution is 0.101. The normalized spacial score (nSPS) is 11.3. The Balaban J connectivity index is 2.13. The SMILES string of the molecule is COc1ccc(C(=O)CSc2nnnn2C(C)(C)C)c(OC)c1. The zero-order valence-corrected chi connectivity index (χ0v) is 14.7. The third-order valence-electron chi connectivity index (χ3n) is 3.12. The fourth-order valence-corrected chi connectivity index (χ4v) is 2.87. The van der Waals surface area contributed by atoms with E-state index in [4.69, 9.17) is 9.47 Å². The van der Waals surface area contributed by atoms with Crippen LogP contribution in [0.4, 0.5) is 0 Å². The van der Waals surface area contributed by atoms with Crippen molar-refractivity contribution in [2.45, 2.75) is 31.5 Å². The molecule has 0 saturated carbocycles. The van der Waals surface area contributed by atoms with Gasteiger partial charge in [-0.2, -0.15) is 0 Å². The fourth-order valence-electron chi connectivity index (χ4n) is 1.93. The van der Waals surface area contributed by atoms with E-state index in [1.165, 1.54) is 18.9 Å². The third kappa shape index (κ3) is 4.01. The quantitative estimate of drug-likeness (QED) is 0.592. The number of hydrogen-bond donors (Lipinski definition) is 0. The number of thioether (sulfide) groups is 1. The number of rotatable bonds is 6. The maximum Gasteiger partial charge on any atom is 0.210 e. The van der Waals surface area contributed by atoms with E-state index in [-0.39, 0.29) is 17.1 Å². The highest BCUT2D eigenvalue weighted by Gasteiger charge is 2.21. The van der Waals surface area contributed by atoms with Gasteiger partial charge in [0.2, 0.25) is 5.16 Å². The Morgan fingerprint density at radius 2 is 2.00 bits per heavy atom. The van der Waals surface area contributed by atoms with Gasteiger partial charge in [-0.05, 0) is 43.3 Å². The second-order valence-corrected chi connectivity index (χ2v) is 6.76. The largest absolute Gasteiger partial charge is 0.497 e. The van der Waals surface area contributed by atoms with Gasteiger partial charge in [0.25, 0.3) is 0 Å². The topological polar surface area (TPSA) is 79.1 Å². The van der Waals surface area contributed by atoms with Crippen LogP contribution in [0.15, 0.2) is 23.4 Å². The van der Waals surface area contributed by atoms with Crippen LogP contribution >= 0.6 is 11.8 Å². The monoisotopic (exact) mass is 336 g/mol. The molecule has 2 aromatic rings. The zero-order chi connectivity index (χ0) is 17.0. The minimum Gasteiger partial charge on any atom is -0.497 e. The van der Waals surface area contributed by atoms with Crippen molar-refractivity contribution in [2.75, 3.05) is 20.0 Å². The van der Waals surface area contributed by atoms with Gasteiger partial charge in [0, 0.05) is 6.07 Å². The predicted octanol–water partition coefficient (Wildman–Crippen LogP) is 2.42. The summed E-state index contributed by atoms with van der Waals surface area (Å²) in [7, 11) is 3.09. The maximum absolute atomic E-state index is 12.5. The summed E-state index contributed by atoms with van der Waals surface area (Å²) >= 11 is 1.30. The minimum atomic E-state index is -0.243. The molecule has 1 aromatic heterocycles. The van der Waals surface area contributed by atoms with Crippen molar-refractivity contribution >= 4 is 17.5 Å². The Hall–Kier alpha value is -2.09. The van der Waals surface area contributed by atoms with Crippen molar-refractivity contribution in [2.24, 2.45) is 0 Å². The highest BCUT2D eigenvalue weighted by molar-refractivity contribution is 7.99. The van der Waals surface area contributed by atoms with Crippen molar-refractivity contribution < 1.29 is 14.3 Å². The van der Waals surface area contributed by atoms with Crippen LogP contribution in [0.1, 0.15) is 31.1 Å². The molecule has 0 atom stereocenters. The Kier molecular flexibility index (Phi) is 5.25.